The topological polar surface area (TPSA) is 33.1 Å². The molecule has 0 bridgehead atoms. The van der Waals surface area contributed by atoms with Gasteiger partial charge in [0.15, 0.2) is 0 Å². The van der Waals surface area contributed by atoms with Gasteiger partial charge in [-0.1, -0.05) is 67.4 Å². The molecule has 21 heavy (non-hydrogen) atoms. The van der Waals surface area contributed by atoms with Crippen LogP contribution in [0.4, 0.5) is 0 Å². The Balaban J connectivity index is 1.91. The molecular formula is C18H21NOS. The van der Waals surface area contributed by atoms with Crippen molar-refractivity contribution in [2.24, 2.45) is 0 Å². The zero-order valence-corrected chi connectivity index (χ0v) is 12.9. The van der Waals surface area contributed by atoms with Gasteiger partial charge in [-0.15, -0.1) is 0 Å². The van der Waals surface area contributed by atoms with Crippen LogP contribution < -0.4 is 0 Å². The maximum Gasteiger partial charge on any atom is 0.0966 e. The van der Waals surface area contributed by atoms with Gasteiger partial charge in [0, 0.05) is 6.20 Å². The molecule has 0 unspecified atom stereocenters. The summed E-state index contributed by atoms with van der Waals surface area (Å²) in [5, 5.41) is 12.2. The first-order valence-electron chi connectivity index (χ1n) is 7.63. The fraction of sp³-hybridized carbons (Fsp3) is 0.389. The minimum absolute atomic E-state index is 0.0499. The Kier molecular flexibility index (Phi) is 4.61. The molecule has 1 N–H and O–H groups in total. The second-order valence-electron chi connectivity index (χ2n) is 5.74. The smallest absolute Gasteiger partial charge is 0.0966 e. The van der Waals surface area contributed by atoms with Gasteiger partial charge in [-0.2, -0.15) is 0 Å². The Morgan fingerprint density at radius 2 is 1.67 bits per heavy atom. The van der Waals surface area contributed by atoms with E-state index in [1.54, 1.807) is 11.8 Å². The fourth-order valence-electron chi connectivity index (χ4n) is 3.08. The third-order valence-corrected chi connectivity index (χ3v) is 5.62. The second kappa shape index (κ2) is 6.63. The van der Waals surface area contributed by atoms with Crippen molar-refractivity contribution in [3.63, 3.8) is 0 Å². The largest absolute Gasteiger partial charge is 0.388 e. The summed E-state index contributed by atoms with van der Waals surface area (Å²) < 4.78 is 0. The van der Waals surface area contributed by atoms with Gasteiger partial charge in [-0.3, -0.25) is 0 Å². The molecule has 3 heteroatoms. The van der Waals surface area contributed by atoms with Gasteiger partial charge in [0.1, 0.15) is 0 Å². The van der Waals surface area contributed by atoms with Crippen LogP contribution in [0.3, 0.4) is 0 Å². The highest BCUT2D eigenvalue weighted by molar-refractivity contribution is 7.99. The van der Waals surface area contributed by atoms with Crippen molar-refractivity contribution >= 4 is 11.8 Å². The Morgan fingerprint density at radius 3 is 2.33 bits per heavy atom. The molecule has 0 radical (unpaired) electrons. The summed E-state index contributed by atoms with van der Waals surface area (Å²) in [5.41, 5.74) is 0.569. The van der Waals surface area contributed by atoms with Gasteiger partial charge >= 0.3 is 0 Å². The van der Waals surface area contributed by atoms with E-state index in [9.17, 15) is 5.11 Å². The van der Waals surface area contributed by atoms with Crippen molar-refractivity contribution in [3.05, 3.63) is 60.3 Å². The molecule has 0 amide bonds. The van der Waals surface area contributed by atoms with E-state index in [2.05, 4.69) is 17.1 Å². The monoisotopic (exact) mass is 299 g/mol. The summed E-state index contributed by atoms with van der Waals surface area (Å²) in [7, 11) is 0. The number of rotatable bonds is 4. The third-order valence-electron chi connectivity index (χ3n) is 4.19. The molecule has 1 aliphatic rings. The first kappa shape index (κ1) is 14.6. The lowest BCUT2D eigenvalue weighted by atomic mass is 9.80. The van der Waals surface area contributed by atoms with Gasteiger partial charge in [0.05, 0.1) is 15.9 Å². The molecule has 1 aliphatic carbocycles. The molecule has 2 nitrogen and oxygen atoms in total. The van der Waals surface area contributed by atoms with Gasteiger partial charge in [-0.25, -0.2) is 4.98 Å². The van der Waals surface area contributed by atoms with E-state index in [0.29, 0.717) is 0 Å². The Bertz CT molecular complexity index is 552. The summed E-state index contributed by atoms with van der Waals surface area (Å²) >= 11 is 1.69. The number of hydrogen-bond acceptors (Lipinski definition) is 3. The molecule has 1 atom stereocenters. The molecule has 1 aromatic heterocycles. The lowest BCUT2D eigenvalue weighted by Gasteiger charge is -2.39. The Morgan fingerprint density at radius 1 is 0.952 bits per heavy atom. The predicted octanol–water partition coefficient (Wildman–Crippen LogP) is 4.61. The van der Waals surface area contributed by atoms with Gasteiger partial charge in [0.25, 0.3) is 0 Å². The van der Waals surface area contributed by atoms with Crippen molar-refractivity contribution < 1.29 is 5.11 Å². The van der Waals surface area contributed by atoms with E-state index in [1.807, 2.05) is 42.6 Å². The number of aliphatic hydroxyl groups is 1. The molecule has 0 aliphatic heterocycles. The molecule has 1 fully saturated rings. The summed E-state index contributed by atoms with van der Waals surface area (Å²) in [4.78, 5) is 4.42. The predicted molar refractivity (Wildman–Crippen MR) is 87.3 cm³/mol. The van der Waals surface area contributed by atoms with E-state index < -0.39 is 5.60 Å². The second-order valence-corrected chi connectivity index (χ2v) is 6.87. The lowest BCUT2D eigenvalue weighted by Crippen LogP contribution is -2.37. The summed E-state index contributed by atoms with van der Waals surface area (Å²) in [6.07, 6.45) is 7.04. The Labute approximate surface area is 130 Å². The number of hydrogen-bond donors (Lipinski definition) is 1. The van der Waals surface area contributed by atoms with Crippen molar-refractivity contribution in [2.45, 2.75) is 48.0 Å². The van der Waals surface area contributed by atoms with E-state index >= 15 is 0 Å². The number of aromatic nitrogens is 1. The Hall–Kier alpha value is -1.32. The van der Waals surface area contributed by atoms with E-state index in [-0.39, 0.29) is 5.25 Å². The summed E-state index contributed by atoms with van der Waals surface area (Å²) in [5.74, 6) is 0. The molecule has 110 valence electrons. The molecule has 1 saturated carbocycles. The van der Waals surface area contributed by atoms with E-state index in [4.69, 9.17) is 0 Å². The first-order chi connectivity index (χ1) is 10.3. The standard InChI is InChI=1S/C18H21NOS/c20-18(12-6-2-7-13-18)17(15-9-3-1-4-10-15)21-16-11-5-8-14-19-16/h1,3-5,8-11,14,17,20H,2,6-7,12-13H2/t17-/m1/s1. The molecule has 2 aromatic rings. The number of benzene rings is 1. The number of thioether (sulfide) groups is 1. The minimum atomic E-state index is -0.623. The van der Waals surface area contributed by atoms with Gasteiger partial charge < -0.3 is 5.11 Å². The molecule has 3 rings (SSSR count). The minimum Gasteiger partial charge on any atom is -0.388 e. The number of nitrogens with zero attached hydrogens (tertiary/aromatic N) is 1. The van der Waals surface area contributed by atoms with Crippen LogP contribution in [0.5, 0.6) is 0 Å². The molecular weight excluding hydrogens is 278 g/mol. The zero-order chi connectivity index (χ0) is 14.5. The molecule has 1 heterocycles. The van der Waals surface area contributed by atoms with Crippen LogP contribution >= 0.6 is 11.8 Å². The van der Waals surface area contributed by atoms with Crippen molar-refractivity contribution in [3.8, 4) is 0 Å². The maximum atomic E-state index is 11.2. The van der Waals surface area contributed by atoms with Crippen LogP contribution in [0.1, 0.15) is 42.9 Å². The van der Waals surface area contributed by atoms with Gasteiger partial charge in [0.2, 0.25) is 0 Å². The van der Waals surface area contributed by atoms with Crippen LogP contribution in [0.25, 0.3) is 0 Å². The van der Waals surface area contributed by atoms with Crippen LogP contribution in [0, 0.1) is 0 Å². The molecule has 0 saturated heterocycles. The molecule has 0 spiro atoms. The summed E-state index contributed by atoms with van der Waals surface area (Å²) in [6, 6.07) is 16.3. The van der Waals surface area contributed by atoms with Crippen LogP contribution in [0.2, 0.25) is 0 Å². The molecule has 1 aromatic carbocycles. The van der Waals surface area contributed by atoms with Crippen LogP contribution in [-0.2, 0) is 0 Å². The highest BCUT2D eigenvalue weighted by Crippen LogP contribution is 2.48. The quantitative estimate of drug-likeness (QED) is 0.837. The first-order valence-corrected chi connectivity index (χ1v) is 8.51. The van der Waals surface area contributed by atoms with Crippen molar-refractivity contribution in [1.29, 1.82) is 0 Å². The third kappa shape index (κ3) is 3.47. The van der Waals surface area contributed by atoms with Crippen LogP contribution in [-0.4, -0.2) is 15.7 Å². The number of pyridine rings is 1. The SMILES string of the molecule is OC1([C@H](Sc2ccccn2)c2ccccc2)CCCCC1. The van der Waals surface area contributed by atoms with E-state index in [1.165, 1.54) is 12.0 Å². The lowest BCUT2D eigenvalue weighted by molar-refractivity contribution is 0.00159. The van der Waals surface area contributed by atoms with Crippen molar-refractivity contribution in [1.82, 2.24) is 4.98 Å². The summed E-state index contributed by atoms with van der Waals surface area (Å²) in [6.45, 7) is 0. The average Bonchev–Trinajstić information content (AvgIpc) is 2.55. The maximum absolute atomic E-state index is 11.2. The normalized spacial score (nSPS) is 19.1. The highest BCUT2D eigenvalue weighted by Gasteiger charge is 2.39. The fourth-order valence-corrected chi connectivity index (χ4v) is 4.35. The van der Waals surface area contributed by atoms with Gasteiger partial charge in [-0.05, 0) is 30.5 Å². The average molecular weight is 299 g/mol. The zero-order valence-electron chi connectivity index (χ0n) is 12.1. The highest BCUT2D eigenvalue weighted by atomic mass is 32.2. The van der Waals surface area contributed by atoms with E-state index in [0.717, 1.165) is 30.7 Å². The van der Waals surface area contributed by atoms with Crippen molar-refractivity contribution in [2.75, 3.05) is 0 Å². The van der Waals surface area contributed by atoms with Crippen LogP contribution in [0.15, 0.2) is 59.8 Å².